The molecule has 3 heterocycles. The third kappa shape index (κ3) is 2.25. The van der Waals surface area contributed by atoms with Crippen LogP contribution in [-0.2, 0) is 10.0 Å². The van der Waals surface area contributed by atoms with Crippen molar-refractivity contribution in [3.8, 4) is 0 Å². The largest absolute Gasteiger partial charge is 0.264 e. The number of pyridine rings is 1. The first-order valence-electron chi connectivity index (χ1n) is 6.25. The summed E-state index contributed by atoms with van der Waals surface area (Å²) in [7, 11) is -3.89. The lowest BCUT2D eigenvalue weighted by Crippen LogP contribution is -2.31. The molecule has 4 nitrogen and oxygen atoms in total. The van der Waals surface area contributed by atoms with Crippen molar-refractivity contribution in [1.29, 1.82) is 0 Å². The second-order valence-electron chi connectivity index (χ2n) is 4.62. The molecule has 20 heavy (non-hydrogen) atoms. The highest BCUT2D eigenvalue weighted by Crippen LogP contribution is 2.37. The number of nitrogens with zero attached hydrogens (tertiary/aromatic N) is 2. The predicted octanol–water partition coefficient (Wildman–Crippen LogP) is 2.81. The molecule has 1 aliphatic rings. The molecule has 1 atom stereocenters. The second kappa shape index (κ2) is 5.23. The summed E-state index contributed by atoms with van der Waals surface area (Å²) in [6.07, 6.45) is 2.82. The third-order valence-corrected chi connectivity index (χ3v) is 5.95. The maximum Gasteiger partial charge on any atom is 0.264 e. The quantitative estimate of drug-likeness (QED) is 0.875. The van der Waals surface area contributed by atoms with Crippen LogP contribution in [0.25, 0.3) is 0 Å². The van der Waals surface area contributed by atoms with Crippen LogP contribution in [0, 0.1) is 5.82 Å². The Morgan fingerprint density at radius 1 is 1.40 bits per heavy atom. The number of hydrogen-bond acceptors (Lipinski definition) is 4. The van der Waals surface area contributed by atoms with Gasteiger partial charge >= 0.3 is 0 Å². The van der Waals surface area contributed by atoms with Gasteiger partial charge in [0.15, 0.2) is 5.82 Å². The molecule has 2 aromatic rings. The van der Waals surface area contributed by atoms with E-state index in [4.69, 9.17) is 0 Å². The molecular formula is C13H13FN2O2S2. The molecule has 0 bridgehead atoms. The maximum absolute atomic E-state index is 13.7. The average molecular weight is 312 g/mol. The van der Waals surface area contributed by atoms with E-state index in [0.717, 1.165) is 24.5 Å². The summed E-state index contributed by atoms with van der Waals surface area (Å²) in [5.41, 5.74) is 0.965. The van der Waals surface area contributed by atoms with Crippen molar-refractivity contribution in [2.45, 2.75) is 23.9 Å². The number of hydrogen-bond donors (Lipinski definition) is 0. The fourth-order valence-electron chi connectivity index (χ4n) is 2.50. The molecule has 106 valence electrons. The van der Waals surface area contributed by atoms with Gasteiger partial charge in [-0.15, -0.1) is 0 Å². The van der Waals surface area contributed by atoms with E-state index in [1.54, 1.807) is 0 Å². The highest BCUT2D eigenvalue weighted by atomic mass is 32.2. The lowest BCUT2D eigenvalue weighted by molar-refractivity contribution is 0.391. The second-order valence-corrected chi connectivity index (χ2v) is 7.21. The fourth-order valence-corrected chi connectivity index (χ4v) is 4.87. The first-order valence-corrected chi connectivity index (χ1v) is 8.63. The van der Waals surface area contributed by atoms with E-state index < -0.39 is 20.9 Å². The molecule has 1 unspecified atom stereocenters. The van der Waals surface area contributed by atoms with Gasteiger partial charge in [-0.05, 0) is 47.4 Å². The lowest BCUT2D eigenvalue weighted by atomic mass is 10.1. The van der Waals surface area contributed by atoms with Gasteiger partial charge in [0.05, 0.1) is 6.04 Å². The summed E-state index contributed by atoms with van der Waals surface area (Å²) in [5.74, 6) is -0.802. The Hall–Kier alpha value is -1.31. The minimum atomic E-state index is -3.89. The van der Waals surface area contributed by atoms with Crippen molar-refractivity contribution in [1.82, 2.24) is 9.29 Å². The van der Waals surface area contributed by atoms with Crippen LogP contribution in [0.4, 0.5) is 4.39 Å². The van der Waals surface area contributed by atoms with Gasteiger partial charge in [-0.1, -0.05) is 0 Å². The average Bonchev–Trinajstić information content (AvgIpc) is 3.10. The molecule has 2 aromatic heterocycles. The molecule has 0 amide bonds. The monoisotopic (exact) mass is 312 g/mol. The van der Waals surface area contributed by atoms with Crippen LogP contribution >= 0.6 is 11.3 Å². The van der Waals surface area contributed by atoms with Gasteiger partial charge in [0.2, 0.25) is 5.03 Å². The van der Waals surface area contributed by atoms with Gasteiger partial charge in [0, 0.05) is 12.7 Å². The molecule has 1 saturated heterocycles. The summed E-state index contributed by atoms with van der Waals surface area (Å²) in [6, 6.07) is 4.20. The van der Waals surface area contributed by atoms with Crippen molar-refractivity contribution in [3.05, 3.63) is 46.5 Å². The molecule has 1 fully saturated rings. The van der Waals surface area contributed by atoms with Crippen LogP contribution in [0.15, 0.2) is 40.2 Å². The van der Waals surface area contributed by atoms with Crippen molar-refractivity contribution < 1.29 is 12.8 Å². The zero-order chi connectivity index (χ0) is 14.2. The Labute approximate surface area is 120 Å². The number of thiophene rings is 1. The summed E-state index contributed by atoms with van der Waals surface area (Å²) < 4.78 is 40.3. The van der Waals surface area contributed by atoms with E-state index in [1.165, 1.54) is 27.9 Å². The van der Waals surface area contributed by atoms with Crippen molar-refractivity contribution >= 4 is 21.4 Å². The molecule has 3 rings (SSSR count). The first-order chi connectivity index (χ1) is 9.60. The number of halogens is 1. The SMILES string of the molecule is O=S(=O)(c1ncccc1F)N1CCCC1c1ccsc1. The number of sulfonamides is 1. The molecule has 0 saturated carbocycles. The minimum absolute atomic E-state index is 0.215. The molecular weight excluding hydrogens is 299 g/mol. The van der Waals surface area contributed by atoms with Gasteiger partial charge in [0.25, 0.3) is 10.0 Å². The predicted molar refractivity (Wildman–Crippen MR) is 74.4 cm³/mol. The van der Waals surface area contributed by atoms with Crippen molar-refractivity contribution in [3.63, 3.8) is 0 Å². The molecule has 0 radical (unpaired) electrons. The maximum atomic E-state index is 13.7. The molecule has 0 aromatic carbocycles. The van der Waals surface area contributed by atoms with E-state index in [1.807, 2.05) is 16.8 Å². The normalized spacial score (nSPS) is 20.4. The lowest BCUT2D eigenvalue weighted by Gasteiger charge is -2.23. The molecule has 0 N–H and O–H groups in total. The van der Waals surface area contributed by atoms with Gasteiger partial charge in [-0.2, -0.15) is 15.6 Å². The van der Waals surface area contributed by atoms with E-state index in [-0.39, 0.29) is 6.04 Å². The van der Waals surface area contributed by atoms with E-state index in [0.29, 0.717) is 6.54 Å². The zero-order valence-corrected chi connectivity index (χ0v) is 12.2. The standard InChI is InChI=1S/C13H13FN2O2S2/c14-11-3-1-6-15-13(11)20(17,18)16-7-2-4-12(16)10-5-8-19-9-10/h1,3,5-6,8-9,12H,2,4,7H2. The Balaban J connectivity index is 2.01. The van der Waals surface area contributed by atoms with Gasteiger partial charge in [0.1, 0.15) is 0 Å². The minimum Gasteiger partial charge on any atom is -0.241 e. The Bertz CT molecular complexity index is 701. The summed E-state index contributed by atoms with van der Waals surface area (Å²) in [4.78, 5) is 3.71. The van der Waals surface area contributed by atoms with Crippen LogP contribution in [0.3, 0.4) is 0 Å². The number of aromatic nitrogens is 1. The molecule has 7 heteroatoms. The highest BCUT2D eigenvalue weighted by molar-refractivity contribution is 7.89. The van der Waals surface area contributed by atoms with Crippen LogP contribution in [0.1, 0.15) is 24.4 Å². The molecule has 0 spiro atoms. The Morgan fingerprint density at radius 3 is 2.95 bits per heavy atom. The first kappa shape index (κ1) is 13.7. The zero-order valence-electron chi connectivity index (χ0n) is 10.6. The van der Waals surface area contributed by atoms with Crippen LogP contribution in [0.5, 0.6) is 0 Å². The summed E-state index contributed by atoms with van der Waals surface area (Å²) >= 11 is 1.53. The number of rotatable bonds is 3. The van der Waals surface area contributed by atoms with E-state index in [9.17, 15) is 12.8 Å². The van der Waals surface area contributed by atoms with Gasteiger partial charge in [-0.25, -0.2) is 17.8 Å². The van der Waals surface area contributed by atoms with Gasteiger partial charge in [-0.3, -0.25) is 0 Å². The summed E-state index contributed by atoms with van der Waals surface area (Å²) in [6.45, 7) is 0.402. The van der Waals surface area contributed by atoms with Crippen molar-refractivity contribution in [2.24, 2.45) is 0 Å². The topological polar surface area (TPSA) is 50.3 Å². The van der Waals surface area contributed by atoms with Crippen LogP contribution in [0.2, 0.25) is 0 Å². The van der Waals surface area contributed by atoms with Crippen LogP contribution in [-0.4, -0.2) is 24.3 Å². The van der Waals surface area contributed by atoms with Crippen LogP contribution < -0.4 is 0 Å². The summed E-state index contributed by atoms with van der Waals surface area (Å²) in [5, 5.41) is 3.37. The Morgan fingerprint density at radius 2 is 2.25 bits per heavy atom. The Kier molecular flexibility index (Phi) is 3.57. The fraction of sp³-hybridized carbons (Fsp3) is 0.308. The highest BCUT2D eigenvalue weighted by Gasteiger charge is 2.38. The van der Waals surface area contributed by atoms with E-state index >= 15 is 0 Å². The molecule has 0 aliphatic carbocycles. The smallest absolute Gasteiger partial charge is 0.241 e. The molecule has 1 aliphatic heterocycles. The third-order valence-electron chi connectivity index (χ3n) is 3.41. The van der Waals surface area contributed by atoms with Crippen molar-refractivity contribution in [2.75, 3.05) is 6.54 Å². The van der Waals surface area contributed by atoms with E-state index in [2.05, 4.69) is 4.98 Å². The van der Waals surface area contributed by atoms with Gasteiger partial charge < -0.3 is 0 Å².